The van der Waals surface area contributed by atoms with Gasteiger partial charge in [0.15, 0.2) is 0 Å². The zero-order valence-corrected chi connectivity index (χ0v) is 21.0. The molecule has 0 spiro atoms. The molecule has 1 amide bonds. The molecule has 3 heterocycles. The highest BCUT2D eigenvalue weighted by Gasteiger charge is 2.33. The largest absolute Gasteiger partial charge is 0.393 e. The molecule has 1 fully saturated rings. The Labute approximate surface area is 220 Å². The Balaban J connectivity index is 1.37. The number of H-pyrrole nitrogens is 1. The Hall–Kier alpha value is -4.44. The van der Waals surface area contributed by atoms with Crippen LogP contribution >= 0.6 is 0 Å². The van der Waals surface area contributed by atoms with E-state index in [4.69, 9.17) is 4.74 Å². The molecule has 5 rings (SSSR count). The van der Waals surface area contributed by atoms with Gasteiger partial charge in [-0.25, -0.2) is 5.01 Å². The third-order valence-corrected chi connectivity index (χ3v) is 6.62. The van der Waals surface area contributed by atoms with Gasteiger partial charge in [0.1, 0.15) is 12.4 Å². The fraction of sp³-hybridized carbons (Fsp3) is 0.286. The topological polar surface area (TPSA) is 111 Å². The van der Waals surface area contributed by atoms with Crippen LogP contribution < -0.4 is 15.2 Å². The van der Waals surface area contributed by atoms with Crippen LogP contribution in [-0.4, -0.2) is 52.8 Å². The van der Waals surface area contributed by atoms with Gasteiger partial charge in [-0.1, -0.05) is 36.4 Å². The second-order valence-electron chi connectivity index (χ2n) is 9.24. The summed E-state index contributed by atoms with van der Waals surface area (Å²) in [5.41, 5.74) is 2.73. The van der Waals surface area contributed by atoms with Gasteiger partial charge in [0.05, 0.1) is 24.2 Å². The van der Waals surface area contributed by atoms with Crippen molar-refractivity contribution in [2.24, 2.45) is 5.92 Å². The number of nitrogens with one attached hydrogen (secondary N) is 2. The van der Waals surface area contributed by atoms with Gasteiger partial charge in [-0.2, -0.15) is 5.10 Å². The van der Waals surface area contributed by atoms with Gasteiger partial charge in [-0.3, -0.25) is 24.5 Å². The number of carbonyl (C=O) groups is 3. The van der Waals surface area contributed by atoms with Crippen molar-refractivity contribution < 1.29 is 19.1 Å². The number of hydrazine groups is 1. The Kier molecular flexibility index (Phi) is 7.79. The van der Waals surface area contributed by atoms with E-state index >= 15 is 0 Å². The molecule has 38 heavy (non-hydrogen) atoms. The summed E-state index contributed by atoms with van der Waals surface area (Å²) in [4.78, 5) is 40.8. The molecule has 2 aliphatic rings. The number of amides is 1. The van der Waals surface area contributed by atoms with Gasteiger partial charge in [0.2, 0.25) is 0 Å². The van der Waals surface area contributed by atoms with Crippen molar-refractivity contribution in [3.63, 3.8) is 0 Å². The van der Waals surface area contributed by atoms with Crippen molar-refractivity contribution in [1.82, 2.24) is 20.5 Å². The monoisotopic (exact) mass is 514 g/mol. The molecule has 0 saturated carbocycles. The number of esters is 2. The number of piperidine rings is 1. The lowest BCUT2D eigenvalue weighted by atomic mass is 10.0. The number of ether oxygens (including phenoxy) is 1. The quantitative estimate of drug-likeness (QED) is 0.348. The van der Waals surface area contributed by atoms with Crippen LogP contribution in [0.25, 0.3) is 0 Å². The van der Waals surface area contributed by atoms with E-state index in [-0.39, 0.29) is 24.7 Å². The van der Waals surface area contributed by atoms with Gasteiger partial charge in [-0.15, -0.1) is 0 Å². The summed E-state index contributed by atoms with van der Waals surface area (Å²) in [6.45, 7) is 1.73. The van der Waals surface area contributed by atoms with Gasteiger partial charge >= 0.3 is 11.9 Å². The number of para-hydroxylation sites is 1. The number of anilines is 2. The SMILES string of the molecule is O=C(CCC1=CN(c2ccccc2)CN1N(C(=O)c1ccccc1)c1cn[nH]c1)OC(=O)[C@H]1CCCNC1. The molecule has 3 aromatic rings. The minimum atomic E-state index is -0.580. The zero-order chi connectivity index (χ0) is 26.3. The predicted molar refractivity (Wildman–Crippen MR) is 141 cm³/mol. The summed E-state index contributed by atoms with van der Waals surface area (Å²) in [5, 5.41) is 13.4. The molecule has 10 heteroatoms. The Bertz CT molecular complexity index is 1270. The van der Waals surface area contributed by atoms with E-state index in [9.17, 15) is 14.4 Å². The molecule has 0 radical (unpaired) electrons. The van der Waals surface area contributed by atoms with Crippen LogP contribution in [0.3, 0.4) is 0 Å². The van der Waals surface area contributed by atoms with E-state index in [0.717, 1.165) is 24.4 Å². The first-order valence-electron chi connectivity index (χ1n) is 12.7. The molecule has 2 aliphatic heterocycles. The standard InChI is InChI=1S/C28H30N6O4/c35-26(38-28(37)22-10-7-15-29-16-22)14-13-24-19-32(23-11-5-2-6-12-23)20-33(24)34(25-17-30-31-18-25)27(36)21-8-3-1-4-9-21/h1-6,8-9,11-12,17-19,22,29H,7,10,13-16,20H2,(H,30,31)/t22-/m0/s1. The van der Waals surface area contributed by atoms with E-state index in [2.05, 4.69) is 15.5 Å². The van der Waals surface area contributed by atoms with E-state index in [1.54, 1.807) is 29.5 Å². The van der Waals surface area contributed by atoms with Crippen molar-refractivity contribution in [3.05, 3.63) is 90.5 Å². The average molecular weight is 515 g/mol. The predicted octanol–water partition coefficient (Wildman–Crippen LogP) is 3.44. The Morgan fingerprint density at radius 2 is 1.82 bits per heavy atom. The van der Waals surface area contributed by atoms with Crippen LogP contribution in [-0.2, 0) is 14.3 Å². The number of nitrogens with zero attached hydrogens (tertiary/aromatic N) is 4. The molecule has 0 bridgehead atoms. The maximum atomic E-state index is 13.7. The van der Waals surface area contributed by atoms with Crippen molar-refractivity contribution in [3.8, 4) is 0 Å². The molecular weight excluding hydrogens is 484 g/mol. The first-order valence-corrected chi connectivity index (χ1v) is 12.7. The van der Waals surface area contributed by atoms with Crippen molar-refractivity contribution >= 4 is 29.2 Å². The number of hydrogen-bond donors (Lipinski definition) is 2. The summed E-state index contributed by atoms with van der Waals surface area (Å²) in [5.74, 6) is -1.60. The summed E-state index contributed by atoms with van der Waals surface area (Å²) in [6.07, 6.45) is 7.00. The van der Waals surface area contributed by atoms with Crippen LogP contribution in [0.2, 0.25) is 0 Å². The average Bonchev–Trinajstić information content (AvgIpc) is 3.65. The molecule has 10 nitrogen and oxygen atoms in total. The first-order chi connectivity index (χ1) is 18.6. The highest BCUT2D eigenvalue weighted by atomic mass is 16.6. The third kappa shape index (κ3) is 5.76. The third-order valence-electron chi connectivity index (χ3n) is 6.62. The second-order valence-corrected chi connectivity index (χ2v) is 9.24. The van der Waals surface area contributed by atoms with E-state index in [1.807, 2.05) is 64.6 Å². The van der Waals surface area contributed by atoms with Gasteiger partial charge in [0.25, 0.3) is 5.91 Å². The molecule has 1 aromatic heterocycles. The van der Waals surface area contributed by atoms with Gasteiger partial charge < -0.3 is 15.0 Å². The number of benzene rings is 2. The zero-order valence-electron chi connectivity index (χ0n) is 21.0. The van der Waals surface area contributed by atoms with Crippen molar-refractivity contribution in [1.29, 1.82) is 0 Å². The Morgan fingerprint density at radius 1 is 1.05 bits per heavy atom. The van der Waals surface area contributed by atoms with Crippen LogP contribution in [0.15, 0.2) is 85.0 Å². The number of allylic oxidation sites excluding steroid dienone is 1. The number of aromatic amines is 1. The summed E-state index contributed by atoms with van der Waals surface area (Å²) < 4.78 is 5.17. The maximum absolute atomic E-state index is 13.7. The maximum Gasteiger partial charge on any atom is 0.317 e. The van der Waals surface area contributed by atoms with Crippen molar-refractivity contribution in [2.45, 2.75) is 25.7 Å². The number of aromatic nitrogens is 2. The minimum Gasteiger partial charge on any atom is -0.393 e. The van der Waals surface area contributed by atoms with Crippen LogP contribution in [0.4, 0.5) is 11.4 Å². The number of carbonyl (C=O) groups excluding carboxylic acids is 3. The summed E-state index contributed by atoms with van der Waals surface area (Å²) in [7, 11) is 0. The molecule has 2 aromatic carbocycles. The smallest absolute Gasteiger partial charge is 0.317 e. The van der Waals surface area contributed by atoms with E-state index in [0.29, 0.717) is 30.9 Å². The fourth-order valence-corrected chi connectivity index (χ4v) is 4.64. The molecule has 1 atom stereocenters. The van der Waals surface area contributed by atoms with Crippen molar-refractivity contribution in [2.75, 3.05) is 29.7 Å². The molecule has 0 aliphatic carbocycles. The van der Waals surface area contributed by atoms with E-state index < -0.39 is 11.9 Å². The lowest BCUT2D eigenvalue weighted by Gasteiger charge is -2.34. The summed E-state index contributed by atoms with van der Waals surface area (Å²) >= 11 is 0. The lowest BCUT2D eigenvalue weighted by molar-refractivity contribution is -0.163. The lowest BCUT2D eigenvalue weighted by Crippen LogP contribution is -2.47. The van der Waals surface area contributed by atoms with Gasteiger partial charge in [-0.05, 0) is 43.7 Å². The molecule has 2 N–H and O–H groups in total. The van der Waals surface area contributed by atoms with Crippen LogP contribution in [0, 0.1) is 5.92 Å². The fourth-order valence-electron chi connectivity index (χ4n) is 4.64. The number of hydrogen-bond acceptors (Lipinski definition) is 8. The Morgan fingerprint density at radius 3 is 2.50 bits per heavy atom. The summed E-state index contributed by atoms with van der Waals surface area (Å²) in [6, 6.07) is 18.8. The highest BCUT2D eigenvalue weighted by molar-refractivity contribution is 6.05. The highest BCUT2D eigenvalue weighted by Crippen LogP contribution is 2.31. The first kappa shape index (κ1) is 25.2. The second kappa shape index (κ2) is 11.7. The molecule has 196 valence electrons. The molecular formula is C28H30N6O4. The van der Waals surface area contributed by atoms with Gasteiger partial charge in [0, 0.05) is 36.6 Å². The number of rotatable bonds is 8. The molecule has 1 saturated heterocycles. The van der Waals surface area contributed by atoms with Crippen LogP contribution in [0.1, 0.15) is 36.0 Å². The molecule has 0 unspecified atom stereocenters. The normalized spacial score (nSPS) is 17.2. The van der Waals surface area contributed by atoms with E-state index in [1.165, 1.54) is 0 Å². The van der Waals surface area contributed by atoms with Crippen LogP contribution in [0.5, 0.6) is 0 Å². The minimum absolute atomic E-state index is 0.00436.